The molecule has 0 fully saturated rings. The largest absolute Gasteiger partial charge is 0.347 e. The van der Waals surface area contributed by atoms with Gasteiger partial charge in [-0.2, -0.15) is 0 Å². The van der Waals surface area contributed by atoms with Crippen LogP contribution in [0.3, 0.4) is 0 Å². The molecule has 1 unspecified atom stereocenters. The lowest BCUT2D eigenvalue weighted by Crippen LogP contribution is -2.51. The molecule has 0 radical (unpaired) electrons. The van der Waals surface area contributed by atoms with Crippen molar-refractivity contribution in [2.45, 2.75) is 47.1 Å². The number of nitrogens with one attached hydrogen (secondary N) is 3. The first-order chi connectivity index (χ1) is 13.4. The molecule has 1 atom stereocenters. The summed E-state index contributed by atoms with van der Waals surface area (Å²) in [6.07, 6.45) is 0.265. The van der Waals surface area contributed by atoms with Crippen LogP contribution in [0.25, 0.3) is 0 Å². The van der Waals surface area contributed by atoms with Gasteiger partial charge in [-0.25, -0.2) is 0 Å². The van der Waals surface area contributed by atoms with Gasteiger partial charge >= 0.3 is 0 Å². The highest BCUT2D eigenvalue weighted by atomic mass is 16.2. The van der Waals surface area contributed by atoms with Crippen molar-refractivity contribution in [3.05, 3.63) is 35.9 Å². The minimum absolute atomic E-state index is 0. The van der Waals surface area contributed by atoms with Crippen LogP contribution in [0.4, 0.5) is 0 Å². The fourth-order valence-electron chi connectivity index (χ4n) is 1.89. The third-order valence-electron chi connectivity index (χ3n) is 3.08. The maximum Gasteiger partial charge on any atom is 0.243 e. The molecular weight excluding hydrogens is 360 g/mol. The van der Waals surface area contributed by atoms with E-state index in [4.69, 9.17) is 5.73 Å². The Balaban J connectivity index is -0.000000199. The van der Waals surface area contributed by atoms with Gasteiger partial charge in [0.1, 0.15) is 11.8 Å². The minimum Gasteiger partial charge on any atom is -0.347 e. The Bertz CT molecular complexity index is 609. The molecule has 1 rings (SSSR count). The smallest absolute Gasteiger partial charge is 0.243 e. The van der Waals surface area contributed by atoms with E-state index in [0.29, 0.717) is 0 Å². The molecule has 5 N–H and O–H groups in total. The van der Waals surface area contributed by atoms with E-state index in [-0.39, 0.29) is 37.5 Å². The molecule has 3 amide bonds. The summed E-state index contributed by atoms with van der Waals surface area (Å²) in [5.41, 5.74) is 5.99. The topological polar surface area (TPSA) is 130 Å². The Morgan fingerprint density at radius 1 is 0.929 bits per heavy atom. The van der Waals surface area contributed by atoms with Gasteiger partial charge in [-0.15, -0.1) is 0 Å². The molecule has 0 spiro atoms. The number of ketones is 1. The van der Waals surface area contributed by atoms with E-state index in [1.807, 2.05) is 58.0 Å². The molecule has 0 bridgehead atoms. The van der Waals surface area contributed by atoms with Crippen LogP contribution in [-0.2, 0) is 25.6 Å². The van der Waals surface area contributed by atoms with Crippen molar-refractivity contribution in [1.29, 1.82) is 0 Å². The van der Waals surface area contributed by atoms with E-state index in [0.717, 1.165) is 5.56 Å². The quantitative estimate of drug-likeness (QED) is 0.497. The molecule has 0 saturated heterocycles. The molecule has 0 aromatic heterocycles. The number of rotatable bonds is 9. The Hall–Kier alpha value is -2.74. The number of carbonyl (C=O) groups excluding carboxylic acids is 4. The summed E-state index contributed by atoms with van der Waals surface area (Å²) in [4.78, 5) is 46.2. The highest BCUT2D eigenvalue weighted by Crippen LogP contribution is 2.03. The maximum atomic E-state index is 12.2. The average Bonchev–Trinajstić information content (AvgIpc) is 2.73. The number of amides is 3. The molecule has 8 nitrogen and oxygen atoms in total. The second-order valence-corrected chi connectivity index (χ2v) is 5.21. The van der Waals surface area contributed by atoms with Crippen LogP contribution in [0, 0.1) is 0 Å². The van der Waals surface area contributed by atoms with Crippen molar-refractivity contribution < 1.29 is 24.9 Å². The fourth-order valence-corrected chi connectivity index (χ4v) is 1.89. The van der Waals surface area contributed by atoms with Gasteiger partial charge in [-0.3, -0.25) is 19.2 Å². The van der Waals surface area contributed by atoms with E-state index in [1.54, 1.807) is 0 Å². The molecular formula is C20H42N4O4. The summed E-state index contributed by atoms with van der Waals surface area (Å²) in [5.74, 6) is -1.64. The first-order valence-electron chi connectivity index (χ1n) is 9.49. The molecule has 0 aliphatic heterocycles. The van der Waals surface area contributed by atoms with Gasteiger partial charge < -0.3 is 21.7 Å². The van der Waals surface area contributed by atoms with Crippen LogP contribution in [0.5, 0.6) is 0 Å². The monoisotopic (exact) mass is 402 g/mol. The van der Waals surface area contributed by atoms with Crippen LogP contribution < -0.4 is 21.7 Å². The summed E-state index contributed by atoms with van der Waals surface area (Å²) >= 11 is 0. The lowest BCUT2D eigenvalue weighted by Gasteiger charge is -2.18. The predicted octanol–water partition coefficient (Wildman–Crippen LogP) is 1.53. The summed E-state index contributed by atoms with van der Waals surface area (Å²) in [5, 5.41) is 7.35. The zero-order valence-corrected chi connectivity index (χ0v) is 17.5. The number of nitrogens with two attached hydrogens (primary N) is 1. The summed E-state index contributed by atoms with van der Waals surface area (Å²) in [6.45, 7) is 8.75. The second kappa shape index (κ2) is 17.7. The molecule has 8 heteroatoms. The van der Waals surface area contributed by atoms with E-state index >= 15 is 0 Å². The standard InChI is InChI=1S/C16H22N4O4.2C2H6.4H2/c1-11(21)9-19-16(24)13(7-12-5-3-2-4-6-12)20-15(23)10-18-14(22)8-17;2*1-2;;;;/h2-6,13H,7-10,17H2,1H3,(H,18,22)(H,19,24)(H,20,23);2*1-2H3;4*1H. The van der Waals surface area contributed by atoms with Crippen LogP contribution >= 0.6 is 0 Å². The molecule has 0 aliphatic carbocycles. The van der Waals surface area contributed by atoms with Crippen molar-refractivity contribution in [3.63, 3.8) is 0 Å². The van der Waals surface area contributed by atoms with E-state index in [2.05, 4.69) is 16.0 Å². The third kappa shape index (κ3) is 13.5. The highest BCUT2D eigenvalue weighted by molar-refractivity contribution is 5.92. The van der Waals surface area contributed by atoms with Crippen LogP contribution in [0.15, 0.2) is 30.3 Å². The number of Topliss-reactive ketones (excluding diaryl/α,β-unsaturated/α-hetero) is 1. The van der Waals surface area contributed by atoms with Gasteiger partial charge in [0, 0.05) is 12.1 Å². The third-order valence-corrected chi connectivity index (χ3v) is 3.08. The lowest BCUT2D eigenvalue weighted by atomic mass is 10.1. The molecule has 0 heterocycles. The van der Waals surface area contributed by atoms with Gasteiger partial charge in [0.25, 0.3) is 0 Å². The SMILES string of the molecule is CC.CC.CC(=O)CNC(=O)C(Cc1ccccc1)NC(=O)CNC(=O)CN.[HH].[HH].[HH].[HH]. The van der Waals surface area contributed by atoms with Crippen molar-refractivity contribution in [1.82, 2.24) is 16.0 Å². The fraction of sp³-hybridized carbons (Fsp3) is 0.500. The van der Waals surface area contributed by atoms with Crippen LogP contribution in [-0.4, -0.2) is 49.2 Å². The van der Waals surface area contributed by atoms with Gasteiger partial charge in [0.05, 0.1) is 19.6 Å². The van der Waals surface area contributed by atoms with Crippen molar-refractivity contribution in [2.24, 2.45) is 5.73 Å². The molecule has 1 aromatic rings. The molecule has 28 heavy (non-hydrogen) atoms. The number of hydrogen-bond acceptors (Lipinski definition) is 5. The molecule has 166 valence electrons. The minimum atomic E-state index is -0.853. The van der Waals surface area contributed by atoms with Crippen LogP contribution in [0.2, 0.25) is 0 Å². The van der Waals surface area contributed by atoms with Gasteiger partial charge in [-0.05, 0) is 12.5 Å². The second-order valence-electron chi connectivity index (χ2n) is 5.21. The van der Waals surface area contributed by atoms with Crippen molar-refractivity contribution in [3.8, 4) is 0 Å². The van der Waals surface area contributed by atoms with E-state index in [1.165, 1.54) is 6.92 Å². The van der Waals surface area contributed by atoms with Crippen molar-refractivity contribution in [2.75, 3.05) is 19.6 Å². The van der Waals surface area contributed by atoms with Crippen molar-refractivity contribution >= 4 is 23.5 Å². The summed E-state index contributed by atoms with van der Waals surface area (Å²) in [7, 11) is 0. The Kier molecular flexibility index (Phi) is 17.3. The molecule has 0 saturated carbocycles. The average molecular weight is 403 g/mol. The maximum absolute atomic E-state index is 12.2. The zero-order chi connectivity index (χ0) is 21.9. The predicted molar refractivity (Wildman–Crippen MR) is 119 cm³/mol. The van der Waals surface area contributed by atoms with Crippen LogP contribution in [0.1, 0.15) is 45.9 Å². The Labute approximate surface area is 173 Å². The van der Waals surface area contributed by atoms with E-state index in [9.17, 15) is 19.2 Å². The highest BCUT2D eigenvalue weighted by Gasteiger charge is 2.21. The first kappa shape index (κ1) is 27.5. The first-order valence-corrected chi connectivity index (χ1v) is 9.49. The lowest BCUT2D eigenvalue weighted by molar-refractivity contribution is -0.130. The Morgan fingerprint density at radius 2 is 1.50 bits per heavy atom. The van der Waals surface area contributed by atoms with E-state index < -0.39 is 23.8 Å². The zero-order valence-electron chi connectivity index (χ0n) is 17.5. The molecule has 1 aromatic carbocycles. The normalized spacial score (nSPS) is 10.1. The number of hydrogen-bond donors (Lipinski definition) is 4. The molecule has 0 aliphatic rings. The number of carbonyl (C=O) groups is 4. The number of benzene rings is 1. The van der Waals surface area contributed by atoms with Gasteiger partial charge in [-0.1, -0.05) is 58.0 Å². The summed E-state index contributed by atoms with van der Waals surface area (Å²) in [6, 6.07) is 8.29. The Morgan fingerprint density at radius 3 is 2.00 bits per heavy atom. The summed E-state index contributed by atoms with van der Waals surface area (Å²) < 4.78 is 0. The van der Waals surface area contributed by atoms with Gasteiger partial charge in [0.2, 0.25) is 17.7 Å². The van der Waals surface area contributed by atoms with Gasteiger partial charge in [0.15, 0.2) is 0 Å².